The van der Waals surface area contributed by atoms with Crippen LogP contribution in [0.15, 0.2) is 0 Å². The smallest absolute Gasteiger partial charge is 0.311 e. The van der Waals surface area contributed by atoms with E-state index in [4.69, 9.17) is 9.47 Å². The lowest BCUT2D eigenvalue weighted by atomic mass is 10.1. The zero-order valence-corrected chi connectivity index (χ0v) is 12.2. The summed E-state index contributed by atoms with van der Waals surface area (Å²) in [4.78, 5) is 27.6. The summed E-state index contributed by atoms with van der Waals surface area (Å²) in [5, 5.41) is 0. The normalized spacial score (nSPS) is 24.1. The zero-order valence-electron chi connectivity index (χ0n) is 12.2. The quantitative estimate of drug-likeness (QED) is 0.648. The van der Waals surface area contributed by atoms with Crippen LogP contribution in [0.5, 0.6) is 0 Å². The molecule has 0 aromatic carbocycles. The molecule has 1 amide bonds. The Labute approximate surface area is 120 Å². The maximum absolute atomic E-state index is 11.9. The topological polar surface area (TPSA) is 59.1 Å². The Morgan fingerprint density at radius 3 is 2.80 bits per heavy atom. The highest BCUT2D eigenvalue weighted by atomic mass is 16.5. The van der Waals surface area contributed by atoms with Gasteiger partial charge in [-0.3, -0.25) is 14.5 Å². The molecular formula is C14H24N2O4. The van der Waals surface area contributed by atoms with E-state index >= 15 is 0 Å². The molecule has 0 spiro atoms. The minimum atomic E-state index is -0.272. The molecule has 114 valence electrons. The summed E-state index contributed by atoms with van der Waals surface area (Å²) >= 11 is 0. The Kier molecular flexibility index (Phi) is 5.79. The molecule has 0 aliphatic carbocycles. The standard InChI is InChI=1S/C14H24N2O4/c1-2-20-14(18)12-10-13(17)16(11-12)5-3-4-15-6-8-19-9-7-15/h12H,2-11H2,1H3/t12-/m0/s1. The molecule has 2 aliphatic heterocycles. The van der Waals surface area contributed by atoms with Crippen LogP contribution in [0.2, 0.25) is 0 Å². The lowest BCUT2D eigenvalue weighted by molar-refractivity contribution is -0.147. The highest BCUT2D eigenvalue weighted by molar-refractivity contribution is 5.86. The highest BCUT2D eigenvalue weighted by Gasteiger charge is 2.34. The van der Waals surface area contributed by atoms with Gasteiger partial charge in [-0.25, -0.2) is 0 Å². The first kappa shape index (κ1) is 15.3. The van der Waals surface area contributed by atoms with Crippen LogP contribution in [0, 0.1) is 5.92 Å². The molecule has 2 heterocycles. The fourth-order valence-corrected chi connectivity index (χ4v) is 2.72. The van der Waals surface area contributed by atoms with Crippen LogP contribution >= 0.6 is 0 Å². The SMILES string of the molecule is CCOC(=O)[C@H]1CC(=O)N(CCCN2CCOCC2)C1. The molecule has 6 heteroatoms. The average Bonchev–Trinajstić information content (AvgIpc) is 2.82. The number of rotatable bonds is 6. The van der Waals surface area contributed by atoms with Crippen molar-refractivity contribution in [2.75, 3.05) is 52.5 Å². The molecule has 2 saturated heterocycles. The summed E-state index contributed by atoms with van der Waals surface area (Å²) in [6.07, 6.45) is 1.25. The van der Waals surface area contributed by atoms with Crippen LogP contribution < -0.4 is 0 Å². The van der Waals surface area contributed by atoms with E-state index in [0.29, 0.717) is 19.6 Å². The van der Waals surface area contributed by atoms with Crippen LogP contribution in [0.25, 0.3) is 0 Å². The van der Waals surface area contributed by atoms with Crippen molar-refractivity contribution in [2.45, 2.75) is 19.8 Å². The Hall–Kier alpha value is -1.14. The van der Waals surface area contributed by atoms with Gasteiger partial charge in [-0.2, -0.15) is 0 Å². The molecule has 2 aliphatic rings. The number of carbonyl (C=O) groups is 2. The van der Waals surface area contributed by atoms with Gasteiger partial charge in [0.05, 0.1) is 25.7 Å². The first-order valence-corrected chi connectivity index (χ1v) is 7.45. The summed E-state index contributed by atoms with van der Waals surface area (Å²) in [6, 6.07) is 0. The average molecular weight is 284 g/mol. The van der Waals surface area contributed by atoms with Crippen molar-refractivity contribution < 1.29 is 19.1 Å². The van der Waals surface area contributed by atoms with Crippen molar-refractivity contribution in [3.8, 4) is 0 Å². The van der Waals surface area contributed by atoms with Gasteiger partial charge in [0, 0.05) is 39.1 Å². The van der Waals surface area contributed by atoms with Crippen molar-refractivity contribution in [3.63, 3.8) is 0 Å². The van der Waals surface area contributed by atoms with E-state index in [9.17, 15) is 9.59 Å². The second kappa shape index (κ2) is 7.59. The van der Waals surface area contributed by atoms with Gasteiger partial charge in [0.15, 0.2) is 0 Å². The molecule has 0 bridgehead atoms. The third-order valence-electron chi connectivity index (χ3n) is 3.84. The molecule has 0 radical (unpaired) electrons. The van der Waals surface area contributed by atoms with Crippen molar-refractivity contribution in [1.29, 1.82) is 0 Å². The van der Waals surface area contributed by atoms with Crippen LogP contribution in [0.1, 0.15) is 19.8 Å². The van der Waals surface area contributed by atoms with Gasteiger partial charge in [0.25, 0.3) is 0 Å². The number of hydrogen-bond donors (Lipinski definition) is 0. The first-order valence-electron chi connectivity index (χ1n) is 7.45. The number of amides is 1. The highest BCUT2D eigenvalue weighted by Crippen LogP contribution is 2.19. The number of morpholine rings is 1. The lowest BCUT2D eigenvalue weighted by Gasteiger charge is -2.27. The first-order chi connectivity index (χ1) is 9.70. The summed E-state index contributed by atoms with van der Waals surface area (Å²) in [7, 11) is 0. The summed E-state index contributed by atoms with van der Waals surface area (Å²) in [6.45, 7) is 7.93. The number of likely N-dealkylation sites (tertiary alicyclic amines) is 1. The predicted molar refractivity (Wildman–Crippen MR) is 73.2 cm³/mol. The van der Waals surface area contributed by atoms with Gasteiger partial charge < -0.3 is 14.4 Å². The number of esters is 1. The Bertz CT molecular complexity index is 342. The largest absolute Gasteiger partial charge is 0.466 e. The van der Waals surface area contributed by atoms with Crippen molar-refractivity contribution >= 4 is 11.9 Å². The minimum absolute atomic E-state index is 0.0741. The Morgan fingerprint density at radius 2 is 2.10 bits per heavy atom. The van der Waals surface area contributed by atoms with E-state index < -0.39 is 0 Å². The van der Waals surface area contributed by atoms with E-state index in [1.54, 1.807) is 11.8 Å². The van der Waals surface area contributed by atoms with Crippen LogP contribution in [0.3, 0.4) is 0 Å². The van der Waals surface area contributed by atoms with E-state index in [1.807, 2.05) is 0 Å². The second-order valence-corrected chi connectivity index (χ2v) is 5.30. The van der Waals surface area contributed by atoms with E-state index in [1.165, 1.54) is 0 Å². The second-order valence-electron chi connectivity index (χ2n) is 5.30. The summed E-state index contributed by atoms with van der Waals surface area (Å²) < 4.78 is 10.3. The van der Waals surface area contributed by atoms with Gasteiger partial charge in [-0.1, -0.05) is 0 Å². The minimum Gasteiger partial charge on any atom is -0.466 e. The summed E-state index contributed by atoms with van der Waals surface area (Å²) in [5.41, 5.74) is 0. The third kappa shape index (κ3) is 4.18. The molecule has 0 aromatic rings. The maximum atomic E-state index is 11.9. The maximum Gasteiger partial charge on any atom is 0.311 e. The molecular weight excluding hydrogens is 260 g/mol. The predicted octanol–water partition coefficient (Wildman–Crippen LogP) is 0.120. The van der Waals surface area contributed by atoms with E-state index in [0.717, 1.165) is 45.8 Å². The van der Waals surface area contributed by atoms with Gasteiger partial charge >= 0.3 is 5.97 Å². The van der Waals surface area contributed by atoms with E-state index in [-0.39, 0.29) is 17.8 Å². The van der Waals surface area contributed by atoms with Crippen molar-refractivity contribution in [1.82, 2.24) is 9.80 Å². The van der Waals surface area contributed by atoms with Gasteiger partial charge in [0.2, 0.25) is 5.91 Å². The van der Waals surface area contributed by atoms with Crippen LogP contribution in [-0.4, -0.2) is 74.2 Å². The molecule has 2 fully saturated rings. The monoisotopic (exact) mass is 284 g/mol. The van der Waals surface area contributed by atoms with Crippen LogP contribution in [0.4, 0.5) is 0 Å². The van der Waals surface area contributed by atoms with E-state index in [2.05, 4.69) is 4.90 Å². The fraction of sp³-hybridized carbons (Fsp3) is 0.857. The van der Waals surface area contributed by atoms with Gasteiger partial charge in [0.1, 0.15) is 0 Å². The Balaban J connectivity index is 1.68. The third-order valence-corrected chi connectivity index (χ3v) is 3.84. The summed E-state index contributed by atoms with van der Waals surface area (Å²) in [5.74, 6) is -0.438. The molecule has 6 nitrogen and oxygen atoms in total. The number of nitrogens with zero attached hydrogens (tertiary/aromatic N) is 2. The molecule has 1 atom stereocenters. The number of ether oxygens (including phenoxy) is 2. The van der Waals surface area contributed by atoms with Crippen LogP contribution in [-0.2, 0) is 19.1 Å². The van der Waals surface area contributed by atoms with Crippen molar-refractivity contribution in [2.24, 2.45) is 5.92 Å². The molecule has 2 rings (SSSR count). The molecule has 0 unspecified atom stereocenters. The number of carbonyl (C=O) groups excluding carboxylic acids is 2. The molecule has 0 saturated carbocycles. The molecule has 0 N–H and O–H groups in total. The lowest BCUT2D eigenvalue weighted by Crippen LogP contribution is -2.38. The van der Waals surface area contributed by atoms with Gasteiger partial charge in [-0.05, 0) is 13.3 Å². The van der Waals surface area contributed by atoms with Crippen molar-refractivity contribution in [3.05, 3.63) is 0 Å². The number of hydrogen-bond acceptors (Lipinski definition) is 5. The fourth-order valence-electron chi connectivity index (χ4n) is 2.72. The van der Waals surface area contributed by atoms with Gasteiger partial charge in [-0.15, -0.1) is 0 Å². The molecule has 20 heavy (non-hydrogen) atoms. The zero-order chi connectivity index (χ0) is 14.4. The molecule has 0 aromatic heterocycles. The Morgan fingerprint density at radius 1 is 1.35 bits per heavy atom.